The molecule has 22 heavy (non-hydrogen) atoms. The van der Waals surface area contributed by atoms with Crippen LogP contribution in [0.15, 0.2) is 18.2 Å². The summed E-state index contributed by atoms with van der Waals surface area (Å²) in [6.45, 7) is 1.57. The van der Waals surface area contributed by atoms with Crippen molar-refractivity contribution >= 4 is 18.3 Å². The van der Waals surface area contributed by atoms with Crippen LogP contribution < -0.4 is 10.1 Å². The van der Waals surface area contributed by atoms with Gasteiger partial charge in [-0.05, 0) is 37.0 Å². The maximum absolute atomic E-state index is 13.7. The Morgan fingerprint density at radius 2 is 2.14 bits per heavy atom. The molecule has 0 spiro atoms. The van der Waals surface area contributed by atoms with Gasteiger partial charge in [0, 0.05) is 25.2 Å². The number of nitrogens with zero attached hydrogens (tertiary/aromatic N) is 1. The molecule has 2 unspecified atom stereocenters. The van der Waals surface area contributed by atoms with E-state index in [4.69, 9.17) is 4.74 Å². The second kappa shape index (κ2) is 7.29. The van der Waals surface area contributed by atoms with Crippen LogP contribution in [0.4, 0.5) is 4.39 Å². The van der Waals surface area contributed by atoms with Gasteiger partial charge in [0.05, 0.1) is 13.5 Å². The average Bonchev–Trinajstić information content (AvgIpc) is 2.78. The quantitative estimate of drug-likeness (QED) is 0.924. The van der Waals surface area contributed by atoms with Crippen LogP contribution in [0.5, 0.6) is 5.75 Å². The molecule has 2 aliphatic rings. The molecule has 1 amide bonds. The number of carbonyl (C=O) groups excluding carboxylic acids is 1. The van der Waals surface area contributed by atoms with Crippen molar-refractivity contribution in [2.45, 2.75) is 37.8 Å². The van der Waals surface area contributed by atoms with E-state index in [0.29, 0.717) is 17.6 Å². The molecule has 2 aliphatic heterocycles. The fourth-order valence-corrected chi connectivity index (χ4v) is 3.28. The lowest BCUT2D eigenvalue weighted by molar-refractivity contribution is -0.130. The third-order valence-electron chi connectivity index (χ3n) is 4.45. The summed E-state index contributed by atoms with van der Waals surface area (Å²) < 4.78 is 18.6. The SMILES string of the molecule is COc1ccc(CC(=O)N2CCC3CCC(C2)N3)cc1F.Cl. The van der Waals surface area contributed by atoms with E-state index in [1.165, 1.54) is 19.6 Å². The van der Waals surface area contributed by atoms with E-state index in [1.807, 2.05) is 4.90 Å². The standard InChI is InChI=1S/C16H21FN2O2.ClH/c1-21-15-5-2-11(8-14(15)17)9-16(20)19-7-6-12-3-4-13(10-19)18-12;/h2,5,8,12-13,18H,3-4,6-7,9-10H2,1H3;1H. The van der Waals surface area contributed by atoms with E-state index in [-0.39, 0.29) is 30.5 Å². The van der Waals surface area contributed by atoms with Gasteiger partial charge in [0.15, 0.2) is 11.6 Å². The Morgan fingerprint density at radius 1 is 1.36 bits per heavy atom. The van der Waals surface area contributed by atoms with Crippen molar-refractivity contribution in [3.63, 3.8) is 0 Å². The van der Waals surface area contributed by atoms with E-state index >= 15 is 0 Å². The summed E-state index contributed by atoms with van der Waals surface area (Å²) in [4.78, 5) is 14.3. The van der Waals surface area contributed by atoms with E-state index in [1.54, 1.807) is 12.1 Å². The highest BCUT2D eigenvalue weighted by molar-refractivity contribution is 5.85. The van der Waals surface area contributed by atoms with Crippen LogP contribution in [-0.2, 0) is 11.2 Å². The van der Waals surface area contributed by atoms with Gasteiger partial charge in [0.1, 0.15) is 0 Å². The molecule has 1 N–H and O–H groups in total. The van der Waals surface area contributed by atoms with Crippen molar-refractivity contribution in [1.29, 1.82) is 0 Å². The zero-order valence-corrected chi connectivity index (χ0v) is 13.5. The zero-order chi connectivity index (χ0) is 14.8. The van der Waals surface area contributed by atoms with E-state index in [0.717, 1.165) is 25.9 Å². The Labute approximate surface area is 136 Å². The molecule has 2 heterocycles. The Bertz CT molecular complexity index is 541. The molecule has 4 nitrogen and oxygen atoms in total. The lowest BCUT2D eigenvalue weighted by Crippen LogP contribution is -2.39. The van der Waals surface area contributed by atoms with Crippen molar-refractivity contribution in [2.75, 3.05) is 20.2 Å². The van der Waals surface area contributed by atoms with Crippen molar-refractivity contribution in [3.8, 4) is 5.75 Å². The van der Waals surface area contributed by atoms with Crippen molar-refractivity contribution in [3.05, 3.63) is 29.6 Å². The third kappa shape index (κ3) is 3.70. The number of fused-ring (bicyclic) bond motifs is 2. The molecule has 6 heteroatoms. The van der Waals surface area contributed by atoms with Gasteiger partial charge >= 0.3 is 0 Å². The number of likely N-dealkylation sites (tertiary alicyclic amines) is 1. The van der Waals surface area contributed by atoms with E-state index in [2.05, 4.69) is 5.32 Å². The smallest absolute Gasteiger partial charge is 0.227 e. The Morgan fingerprint density at radius 3 is 2.86 bits per heavy atom. The van der Waals surface area contributed by atoms with Crippen LogP contribution in [-0.4, -0.2) is 43.1 Å². The summed E-state index contributed by atoms with van der Waals surface area (Å²) in [7, 11) is 1.43. The normalized spacial score (nSPS) is 23.6. The van der Waals surface area contributed by atoms with Gasteiger partial charge in [0.25, 0.3) is 0 Å². The van der Waals surface area contributed by atoms with Gasteiger partial charge in [-0.2, -0.15) is 0 Å². The lowest BCUT2D eigenvalue weighted by Gasteiger charge is -2.24. The van der Waals surface area contributed by atoms with E-state index < -0.39 is 5.82 Å². The van der Waals surface area contributed by atoms with Crippen LogP contribution in [0.3, 0.4) is 0 Å². The fraction of sp³-hybridized carbons (Fsp3) is 0.562. The maximum Gasteiger partial charge on any atom is 0.227 e. The first-order valence-electron chi connectivity index (χ1n) is 7.52. The molecule has 2 atom stereocenters. The highest BCUT2D eigenvalue weighted by Crippen LogP contribution is 2.22. The Balaban J connectivity index is 0.00000176. The van der Waals surface area contributed by atoms with E-state index in [9.17, 15) is 9.18 Å². The minimum Gasteiger partial charge on any atom is -0.494 e. The first-order chi connectivity index (χ1) is 10.2. The summed E-state index contributed by atoms with van der Waals surface area (Å²) in [5.74, 6) is -0.129. The fourth-order valence-electron chi connectivity index (χ4n) is 3.28. The number of amides is 1. The molecule has 0 aliphatic carbocycles. The third-order valence-corrected chi connectivity index (χ3v) is 4.45. The molecule has 1 aromatic rings. The van der Waals surface area contributed by atoms with Crippen molar-refractivity contribution in [2.24, 2.45) is 0 Å². The lowest BCUT2D eigenvalue weighted by atomic mass is 10.1. The number of ether oxygens (including phenoxy) is 1. The highest BCUT2D eigenvalue weighted by atomic mass is 35.5. The molecular weight excluding hydrogens is 307 g/mol. The van der Waals surface area contributed by atoms with Crippen LogP contribution >= 0.6 is 12.4 Å². The molecule has 0 aromatic heterocycles. The van der Waals surface area contributed by atoms with Gasteiger partial charge in [-0.1, -0.05) is 6.07 Å². The van der Waals surface area contributed by atoms with Crippen LogP contribution in [0.25, 0.3) is 0 Å². The van der Waals surface area contributed by atoms with Gasteiger partial charge in [0.2, 0.25) is 5.91 Å². The highest BCUT2D eigenvalue weighted by Gasteiger charge is 2.30. The molecule has 122 valence electrons. The molecular formula is C16H22ClFN2O2. The van der Waals surface area contributed by atoms with Crippen LogP contribution in [0, 0.1) is 5.82 Å². The Kier molecular flexibility index (Phi) is 5.64. The number of hydrogen-bond donors (Lipinski definition) is 1. The molecule has 0 radical (unpaired) electrons. The summed E-state index contributed by atoms with van der Waals surface area (Å²) in [5.41, 5.74) is 0.695. The molecule has 0 saturated carbocycles. The minimum atomic E-state index is -0.417. The molecule has 3 rings (SSSR count). The maximum atomic E-state index is 13.7. The second-order valence-electron chi connectivity index (χ2n) is 5.91. The number of nitrogens with one attached hydrogen (secondary N) is 1. The Hall–Kier alpha value is -1.33. The van der Waals surface area contributed by atoms with Gasteiger partial charge in [-0.25, -0.2) is 4.39 Å². The second-order valence-corrected chi connectivity index (χ2v) is 5.91. The topological polar surface area (TPSA) is 41.6 Å². The predicted molar refractivity (Wildman–Crippen MR) is 85.0 cm³/mol. The number of rotatable bonds is 3. The summed E-state index contributed by atoms with van der Waals surface area (Å²) in [5, 5.41) is 3.56. The van der Waals surface area contributed by atoms with Crippen LogP contribution in [0.2, 0.25) is 0 Å². The largest absolute Gasteiger partial charge is 0.494 e. The van der Waals surface area contributed by atoms with Gasteiger partial charge in [-0.15, -0.1) is 12.4 Å². The molecule has 2 fully saturated rings. The number of carbonyl (C=O) groups is 1. The summed E-state index contributed by atoms with van der Waals surface area (Å²) in [6.07, 6.45) is 3.62. The number of benzene rings is 1. The average molecular weight is 329 g/mol. The van der Waals surface area contributed by atoms with Crippen molar-refractivity contribution in [1.82, 2.24) is 10.2 Å². The molecule has 2 saturated heterocycles. The monoisotopic (exact) mass is 328 g/mol. The molecule has 1 aromatic carbocycles. The van der Waals surface area contributed by atoms with Gasteiger partial charge < -0.3 is 15.0 Å². The number of halogens is 2. The zero-order valence-electron chi connectivity index (χ0n) is 12.7. The predicted octanol–water partition coefficient (Wildman–Crippen LogP) is 2.15. The van der Waals surface area contributed by atoms with Gasteiger partial charge in [-0.3, -0.25) is 4.79 Å². The molecule has 2 bridgehead atoms. The first-order valence-corrected chi connectivity index (χ1v) is 7.52. The summed E-state index contributed by atoms with van der Waals surface area (Å²) in [6, 6.07) is 5.70. The first kappa shape index (κ1) is 17.0. The number of hydrogen-bond acceptors (Lipinski definition) is 3. The van der Waals surface area contributed by atoms with Crippen LogP contribution in [0.1, 0.15) is 24.8 Å². The van der Waals surface area contributed by atoms with Crippen molar-refractivity contribution < 1.29 is 13.9 Å². The number of methoxy groups -OCH3 is 1. The summed E-state index contributed by atoms with van der Waals surface area (Å²) >= 11 is 0. The minimum absolute atomic E-state index is 0.